The van der Waals surface area contributed by atoms with E-state index in [1.807, 2.05) is 0 Å². The van der Waals surface area contributed by atoms with Crippen molar-refractivity contribution in [1.82, 2.24) is 0 Å². The lowest BCUT2D eigenvalue weighted by atomic mass is 9.94. The largest absolute Gasteiger partial charge is 0.416 e. The fourth-order valence-electron chi connectivity index (χ4n) is 3.15. The standard InChI is InChI=1S/C15H12F3NO2S/c16-15(17,18)11-1-4-14(10(5-11)8-19)9-6-12-2-3-13(7-9)22(12,20)21/h1,4-6,12-13H,2-3,7H2. The Morgan fingerprint density at radius 3 is 2.55 bits per heavy atom. The summed E-state index contributed by atoms with van der Waals surface area (Å²) in [6.45, 7) is 0. The van der Waals surface area contributed by atoms with Crippen molar-refractivity contribution in [3.63, 3.8) is 0 Å². The van der Waals surface area contributed by atoms with E-state index in [0.717, 1.165) is 12.1 Å². The first-order chi connectivity index (χ1) is 10.2. The number of allylic oxidation sites excluding steroid dienone is 1. The minimum atomic E-state index is -4.51. The van der Waals surface area contributed by atoms with Crippen LogP contribution in [-0.2, 0) is 16.0 Å². The molecule has 2 aliphatic heterocycles. The highest BCUT2D eigenvalue weighted by molar-refractivity contribution is 7.93. The molecule has 7 heteroatoms. The van der Waals surface area contributed by atoms with Crippen molar-refractivity contribution in [2.24, 2.45) is 0 Å². The molecule has 1 fully saturated rings. The SMILES string of the molecule is N#Cc1cc(C(F)(F)F)ccc1C1=CC2CCC(C1)S2(=O)=O. The van der Waals surface area contributed by atoms with Crippen LogP contribution in [0, 0.1) is 11.3 Å². The molecule has 0 aliphatic carbocycles. The Morgan fingerprint density at radius 1 is 1.23 bits per heavy atom. The summed E-state index contributed by atoms with van der Waals surface area (Å²) in [4.78, 5) is 0. The first-order valence-corrected chi connectivity index (χ1v) is 8.39. The number of alkyl halides is 3. The molecule has 2 unspecified atom stereocenters. The number of halogens is 3. The fraction of sp³-hybridized carbons (Fsp3) is 0.400. The second-order valence-electron chi connectivity index (χ2n) is 5.59. The van der Waals surface area contributed by atoms with Gasteiger partial charge in [-0.05, 0) is 42.5 Å². The van der Waals surface area contributed by atoms with Crippen LogP contribution in [-0.4, -0.2) is 18.9 Å². The predicted molar refractivity (Wildman–Crippen MR) is 74.5 cm³/mol. The van der Waals surface area contributed by atoms with E-state index in [-0.39, 0.29) is 12.0 Å². The predicted octanol–water partition coefficient (Wildman–Crippen LogP) is 3.31. The highest BCUT2D eigenvalue weighted by Crippen LogP contribution is 2.42. The van der Waals surface area contributed by atoms with Gasteiger partial charge in [0.15, 0.2) is 9.84 Å². The molecule has 1 saturated heterocycles. The summed E-state index contributed by atoms with van der Waals surface area (Å²) in [6, 6.07) is 4.81. The van der Waals surface area contributed by atoms with Gasteiger partial charge in [0.1, 0.15) is 0 Å². The molecule has 0 amide bonds. The van der Waals surface area contributed by atoms with Crippen LogP contribution in [0.2, 0.25) is 0 Å². The molecule has 0 N–H and O–H groups in total. The number of nitriles is 1. The fourth-order valence-corrected chi connectivity index (χ4v) is 5.34. The molecule has 2 bridgehead atoms. The second kappa shape index (κ2) is 4.85. The smallest absolute Gasteiger partial charge is 0.228 e. The van der Waals surface area contributed by atoms with Crippen LogP contribution in [0.5, 0.6) is 0 Å². The molecule has 2 atom stereocenters. The minimum absolute atomic E-state index is 0.0697. The van der Waals surface area contributed by atoms with Crippen molar-refractivity contribution in [3.8, 4) is 6.07 Å². The maximum Gasteiger partial charge on any atom is 0.416 e. The van der Waals surface area contributed by atoms with Crippen molar-refractivity contribution in [1.29, 1.82) is 5.26 Å². The Balaban J connectivity index is 2.06. The quantitative estimate of drug-likeness (QED) is 0.795. The van der Waals surface area contributed by atoms with Crippen molar-refractivity contribution >= 4 is 15.4 Å². The molecule has 2 aliphatic rings. The summed E-state index contributed by atoms with van der Waals surface area (Å²) in [5.74, 6) is 0. The van der Waals surface area contributed by atoms with Gasteiger partial charge in [-0.25, -0.2) is 8.42 Å². The van der Waals surface area contributed by atoms with Gasteiger partial charge >= 0.3 is 6.18 Å². The number of fused-ring (bicyclic) bond motifs is 2. The molecule has 0 spiro atoms. The molecule has 2 heterocycles. The van der Waals surface area contributed by atoms with Crippen LogP contribution in [0.15, 0.2) is 24.3 Å². The van der Waals surface area contributed by atoms with Gasteiger partial charge in [0.05, 0.1) is 27.7 Å². The Hall–Kier alpha value is -1.81. The number of rotatable bonds is 1. The van der Waals surface area contributed by atoms with E-state index < -0.39 is 32.1 Å². The third-order valence-electron chi connectivity index (χ3n) is 4.31. The van der Waals surface area contributed by atoms with E-state index in [1.165, 1.54) is 6.07 Å². The van der Waals surface area contributed by atoms with E-state index in [9.17, 15) is 21.6 Å². The van der Waals surface area contributed by atoms with Crippen LogP contribution >= 0.6 is 0 Å². The first kappa shape index (κ1) is 15.1. The molecule has 3 nitrogen and oxygen atoms in total. The van der Waals surface area contributed by atoms with Crippen molar-refractivity contribution < 1.29 is 21.6 Å². The molecule has 3 rings (SSSR count). The number of hydrogen-bond donors (Lipinski definition) is 0. The first-order valence-electron chi connectivity index (χ1n) is 6.78. The molecular formula is C15H12F3NO2S. The zero-order valence-corrected chi connectivity index (χ0v) is 12.2. The minimum Gasteiger partial charge on any atom is -0.228 e. The summed E-state index contributed by atoms with van der Waals surface area (Å²) in [5, 5.41) is 8.07. The molecule has 116 valence electrons. The average Bonchev–Trinajstić information content (AvgIpc) is 2.66. The number of nitrogens with zero attached hydrogens (tertiary/aromatic N) is 1. The highest BCUT2D eigenvalue weighted by Gasteiger charge is 2.43. The summed E-state index contributed by atoms with van der Waals surface area (Å²) in [6.07, 6.45) is -1.54. The number of sulfone groups is 1. The van der Waals surface area contributed by atoms with Crippen LogP contribution in [0.1, 0.15) is 36.0 Å². The summed E-state index contributed by atoms with van der Waals surface area (Å²) in [7, 11) is -3.16. The summed E-state index contributed by atoms with van der Waals surface area (Å²) < 4.78 is 62.2. The van der Waals surface area contributed by atoms with E-state index >= 15 is 0 Å². The number of hydrogen-bond acceptors (Lipinski definition) is 3. The van der Waals surface area contributed by atoms with E-state index in [4.69, 9.17) is 5.26 Å². The maximum absolute atomic E-state index is 12.7. The zero-order valence-electron chi connectivity index (χ0n) is 11.4. The third kappa shape index (κ3) is 2.31. The molecular weight excluding hydrogens is 315 g/mol. The zero-order chi connectivity index (χ0) is 16.1. The normalized spacial score (nSPS) is 26.4. The van der Waals surface area contributed by atoms with E-state index in [1.54, 1.807) is 12.1 Å². The Morgan fingerprint density at radius 2 is 1.95 bits per heavy atom. The monoisotopic (exact) mass is 327 g/mol. The lowest BCUT2D eigenvalue weighted by Gasteiger charge is -2.21. The van der Waals surface area contributed by atoms with E-state index in [0.29, 0.717) is 24.0 Å². The molecule has 1 aromatic rings. The lowest BCUT2D eigenvalue weighted by Crippen LogP contribution is -2.26. The van der Waals surface area contributed by atoms with Crippen molar-refractivity contribution in [2.75, 3.05) is 0 Å². The van der Waals surface area contributed by atoms with E-state index in [2.05, 4.69) is 0 Å². The van der Waals surface area contributed by atoms with Gasteiger partial charge in [0, 0.05) is 0 Å². The highest BCUT2D eigenvalue weighted by atomic mass is 32.2. The van der Waals surface area contributed by atoms with Crippen molar-refractivity contribution in [2.45, 2.75) is 35.9 Å². The van der Waals surface area contributed by atoms with Gasteiger partial charge in [0.2, 0.25) is 0 Å². The Bertz CT molecular complexity index is 803. The van der Waals surface area contributed by atoms with Crippen LogP contribution in [0.4, 0.5) is 13.2 Å². The molecule has 0 radical (unpaired) electrons. The number of benzene rings is 1. The van der Waals surface area contributed by atoms with Gasteiger partial charge in [-0.1, -0.05) is 12.1 Å². The van der Waals surface area contributed by atoms with Crippen LogP contribution < -0.4 is 0 Å². The van der Waals surface area contributed by atoms with Gasteiger partial charge in [-0.2, -0.15) is 18.4 Å². The molecule has 0 aromatic heterocycles. The van der Waals surface area contributed by atoms with Crippen LogP contribution in [0.3, 0.4) is 0 Å². The topological polar surface area (TPSA) is 57.9 Å². The average molecular weight is 327 g/mol. The van der Waals surface area contributed by atoms with Crippen LogP contribution in [0.25, 0.3) is 5.57 Å². The Kier molecular flexibility index (Phi) is 3.33. The molecule has 22 heavy (non-hydrogen) atoms. The summed E-state index contributed by atoms with van der Waals surface area (Å²) >= 11 is 0. The van der Waals surface area contributed by atoms with Gasteiger partial charge in [-0.15, -0.1) is 0 Å². The summed E-state index contributed by atoms with van der Waals surface area (Å²) in [5.41, 5.74) is 0.120. The maximum atomic E-state index is 12.7. The molecule has 1 aromatic carbocycles. The van der Waals surface area contributed by atoms with Gasteiger partial charge < -0.3 is 0 Å². The van der Waals surface area contributed by atoms with Gasteiger partial charge in [-0.3, -0.25) is 0 Å². The lowest BCUT2D eigenvalue weighted by molar-refractivity contribution is -0.137. The Labute approximate surface area is 126 Å². The van der Waals surface area contributed by atoms with Gasteiger partial charge in [0.25, 0.3) is 0 Å². The molecule has 0 saturated carbocycles. The third-order valence-corrected chi connectivity index (χ3v) is 6.86. The van der Waals surface area contributed by atoms with Crippen molar-refractivity contribution in [3.05, 3.63) is 41.0 Å². The second-order valence-corrected chi connectivity index (χ2v) is 8.04.